The van der Waals surface area contributed by atoms with Gasteiger partial charge in [-0.3, -0.25) is 9.69 Å². The second kappa shape index (κ2) is 9.55. The van der Waals surface area contributed by atoms with E-state index in [9.17, 15) is 9.18 Å². The molecule has 0 aliphatic carbocycles. The lowest BCUT2D eigenvalue weighted by atomic mass is 10.0. The first-order chi connectivity index (χ1) is 13.6. The van der Waals surface area contributed by atoms with Gasteiger partial charge in [-0.1, -0.05) is 30.3 Å². The van der Waals surface area contributed by atoms with Crippen LogP contribution in [0.15, 0.2) is 48.5 Å². The number of hydrogen-bond donors (Lipinski definition) is 0. The van der Waals surface area contributed by atoms with Crippen molar-refractivity contribution in [2.45, 2.75) is 25.4 Å². The van der Waals surface area contributed by atoms with E-state index in [1.165, 1.54) is 6.07 Å². The quantitative estimate of drug-likeness (QED) is 0.732. The minimum Gasteiger partial charge on any atom is -0.493 e. The average Bonchev–Trinajstić information content (AvgIpc) is 2.73. The summed E-state index contributed by atoms with van der Waals surface area (Å²) in [6.07, 6.45) is 1.91. The number of ether oxygens (including phenoxy) is 2. The van der Waals surface area contributed by atoms with Crippen molar-refractivity contribution in [2.24, 2.45) is 0 Å². The molecule has 1 heterocycles. The first kappa shape index (κ1) is 20.1. The van der Waals surface area contributed by atoms with Gasteiger partial charge >= 0.3 is 0 Å². The molecule has 1 saturated heterocycles. The molecule has 0 N–H and O–H groups in total. The second-order valence-electron chi connectivity index (χ2n) is 7.07. The monoisotopic (exact) mass is 386 g/mol. The van der Waals surface area contributed by atoms with Gasteiger partial charge in [0.1, 0.15) is 5.82 Å². The highest BCUT2D eigenvalue weighted by Crippen LogP contribution is 2.26. The molecule has 1 fully saturated rings. The fourth-order valence-electron chi connectivity index (χ4n) is 3.54. The predicted octanol–water partition coefficient (Wildman–Crippen LogP) is 3.34. The Morgan fingerprint density at radius 1 is 1.18 bits per heavy atom. The predicted molar refractivity (Wildman–Crippen MR) is 106 cm³/mol. The molecular weight excluding hydrogens is 359 g/mol. The summed E-state index contributed by atoms with van der Waals surface area (Å²) >= 11 is 0. The third-order valence-corrected chi connectivity index (χ3v) is 5.19. The van der Waals surface area contributed by atoms with E-state index in [1.54, 1.807) is 30.2 Å². The van der Waals surface area contributed by atoms with Gasteiger partial charge in [-0.25, -0.2) is 4.39 Å². The van der Waals surface area contributed by atoms with Gasteiger partial charge in [0.25, 0.3) is 5.91 Å². The van der Waals surface area contributed by atoms with Gasteiger partial charge in [0.15, 0.2) is 18.1 Å². The van der Waals surface area contributed by atoms with Crippen LogP contribution in [0, 0.1) is 5.82 Å². The first-order valence-corrected chi connectivity index (χ1v) is 9.55. The zero-order chi connectivity index (χ0) is 19.9. The molecule has 1 aliphatic rings. The van der Waals surface area contributed by atoms with Crippen molar-refractivity contribution in [3.63, 3.8) is 0 Å². The van der Waals surface area contributed by atoms with Crippen molar-refractivity contribution in [1.82, 2.24) is 9.80 Å². The zero-order valence-corrected chi connectivity index (χ0v) is 16.4. The molecule has 0 unspecified atom stereocenters. The standard InChI is InChI=1S/C22H27FN2O3/c1-24(22(26)16-28-21-12-6-5-11-20(21)27-2)18-9-7-13-25(15-18)14-17-8-3-4-10-19(17)23/h3-6,8,10-12,18H,7,9,13-16H2,1-2H3/t18-/m1/s1. The molecule has 0 aromatic heterocycles. The van der Waals surface area contributed by atoms with Crippen molar-refractivity contribution in [1.29, 1.82) is 0 Å². The maximum Gasteiger partial charge on any atom is 0.260 e. The minimum atomic E-state index is -0.181. The Morgan fingerprint density at radius 3 is 2.64 bits per heavy atom. The number of hydrogen-bond acceptors (Lipinski definition) is 4. The normalized spacial score (nSPS) is 17.2. The lowest BCUT2D eigenvalue weighted by molar-refractivity contribution is -0.135. The van der Waals surface area contributed by atoms with Gasteiger partial charge in [-0.05, 0) is 37.6 Å². The Morgan fingerprint density at radius 2 is 1.89 bits per heavy atom. The SMILES string of the molecule is COc1ccccc1OCC(=O)N(C)[C@@H]1CCCN(Cc2ccccc2F)C1. The van der Waals surface area contributed by atoms with E-state index in [0.717, 1.165) is 25.9 Å². The Balaban J connectivity index is 1.55. The number of methoxy groups -OCH3 is 1. The third-order valence-electron chi connectivity index (χ3n) is 5.19. The first-order valence-electron chi connectivity index (χ1n) is 9.55. The lowest BCUT2D eigenvalue weighted by Gasteiger charge is -2.37. The summed E-state index contributed by atoms with van der Waals surface area (Å²) in [5, 5.41) is 0. The highest BCUT2D eigenvalue weighted by Gasteiger charge is 2.26. The van der Waals surface area contributed by atoms with E-state index < -0.39 is 0 Å². The van der Waals surface area contributed by atoms with Gasteiger partial charge in [0, 0.05) is 31.7 Å². The maximum atomic E-state index is 13.9. The summed E-state index contributed by atoms with van der Waals surface area (Å²) < 4.78 is 24.8. The Kier molecular flexibility index (Phi) is 6.87. The van der Waals surface area contributed by atoms with Crippen LogP contribution in [0.3, 0.4) is 0 Å². The van der Waals surface area contributed by atoms with Gasteiger partial charge in [0.2, 0.25) is 0 Å². The Hall–Kier alpha value is -2.60. The molecular formula is C22H27FN2O3. The van der Waals surface area contributed by atoms with Crippen LogP contribution in [0.25, 0.3) is 0 Å². The number of carbonyl (C=O) groups excluding carboxylic acids is 1. The molecule has 1 aliphatic heterocycles. The Bertz CT molecular complexity index is 799. The second-order valence-corrected chi connectivity index (χ2v) is 7.07. The number of carbonyl (C=O) groups is 1. The van der Waals surface area contributed by atoms with Gasteiger partial charge < -0.3 is 14.4 Å². The summed E-state index contributed by atoms with van der Waals surface area (Å²) in [6, 6.07) is 14.2. The van der Waals surface area contributed by atoms with Crippen LogP contribution in [0.5, 0.6) is 11.5 Å². The van der Waals surface area contributed by atoms with E-state index in [4.69, 9.17) is 9.47 Å². The molecule has 1 amide bonds. The van der Waals surface area contributed by atoms with Crippen molar-refractivity contribution in [3.8, 4) is 11.5 Å². The molecule has 150 valence electrons. The van der Waals surface area contributed by atoms with E-state index in [1.807, 2.05) is 31.3 Å². The number of rotatable bonds is 7. The van der Waals surface area contributed by atoms with Crippen LogP contribution in [-0.2, 0) is 11.3 Å². The smallest absolute Gasteiger partial charge is 0.260 e. The molecule has 2 aromatic rings. The number of benzene rings is 2. The van der Waals surface area contributed by atoms with E-state index >= 15 is 0 Å². The molecule has 0 spiro atoms. The van der Waals surface area contributed by atoms with Crippen molar-refractivity contribution >= 4 is 5.91 Å². The number of likely N-dealkylation sites (tertiary alicyclic amines) is 1. The summed E-state index contributed by atoms with van der Waals surface area (Å²) in [6.45, 7) is 2.15. The molecule has 28 heavy (non-hydrogen) atoms. The minimum absolute atomic E-state index is 0.0410. The number of nitrogens with zero attached hydrogens (tertiary/aromatic N) is 2. The molecule has 0 saturated carbocycles. The number of likely N-dealkylation sites (N-methyl/N-ethyl adjacent to an activating group) is 1. The van der Waals surface area contributed by atoms with Crippen molar-refractivity contribution < 1.29 is 18.7 Å². The molecule has 5 nitrogen and oxygen atoms in total. The van der Waals surface area contributed by atoms with Crippen LogP contribution >= 0.6 is 0 Å². The van der Waals surface area contributed by atoms with Crippen LogP contribution in [-0.4, -0.2) is 55.6 Å². The summed E-state index contributed by atoms with van der Waals surface area (Å²) in [7, 11) is 3.38. The molecule has 3 rings (SSSR count). The van der Waals surface area contributed by atoms with Crippen LogP contribution in [0.2, 0.25) is 0 Å². The fourth-order valence-corrected chi connectivity index (χ4v) is 3.54. The fraction of sp³-hybridized carbons (Fsp3) is 0.409. The van der Waals surface area contributed by atoms with Crippen LogP contribution in [0.1, 0.15) is 18.4 Å². The topological polar surface area (TPSA) is 42.0 Å². The van der Waals surface area contributed by atoms with E-state index in [0.29, 0.717) is 23.6 Å². The van der Waals surface area contributed by atoms with E-state index in [-0.39, 0.29) is 24.4 Å². The number of amides is 1. The highest BCUT2D eigenvalue weighted by atomic mass is 19.1. The van der Waals surface area contributed by atoms with Gasteiger partial charge in [0.05, 0.1) is 7.11 Å². The van der Waals surface area contributed by atoms with Crippen LogP contribution < -0.4 is 9.47 Å². The number of halogens is 1. The summed E-state index contributed by atoms with van der Waals surface area (Å²) in [4.78, 5) is 16.6. The van der Waals surface area contributed by atoms with Gasteiger partial charge in [-0.15, -0.1) is 0 Å². The molecule has 2 aromatic carbocycles. The average molecular weight is 386 g/mol. The molecule has 0 radical (unpaired) electrons. The van der Waals surface area contributed by atoms with Crippen LogP contribution in [0.4, 0.5) is 4.39 Å². The maximum absolute atomic E-state index is 13.9. The van der Waals surface area contributed by atoms with Crippen molar-refractivity contribution in [3.05, 3.63) is 59.9 Å². The zero-order valence-electron chi connectivity index (χ0n) is 16.4. The lowest BCUT2D eigenvalue weighted by Crippen LogP contribution is -2.49. The summed E-state index contributed by atoms with van der Waals surface area (Å²) in [5.74, 6) is 0.895. The number of piperidine rings is 1. The number of para-hydroxylation sites is 2. The Labute approximate surface area is 165 Å². The van der Waals surface area contributed by atoms with E-state index in [2.05, 4.69) is 4.90 Å². The largest absolute Gasteiger partial charge is 0.493 e. The van der Waals surface area contributed by atoms with Gasteiger partial charge in [-0.2, -0.15) is 0 Å². The highest BCUT2D eigenvalue weighted by molar-refractivity contribution is 5.78. The van der Waals surface area contributed by atoms with Crippen molar-refractivity contribution in [2.75, 3.05) is 33.9 Å². The third kappa shape index (κ3) is 5.01. The molecule has 1 atom stereocenters. The molecule has 6 heteroatoms. The summed E-state index contributed by atoms with van der Waals surface area (Å²) in [5.41, 5.74) is 0.691. The molecule has 0 bridgehead atoms.